The van der Waals surface area contributed by atoms with Crippen molar-refractivity contribution in [2.45, 2.75) is 6.54 Å². The van der Waals surface area contributed by atoms with E-state index in [0.717, 1.165) is 5.56 Å². The molecule has 0 saturated heterocycles. The lowest BCUT2D eigenvalue weighted by molar-refractivity contribution is -0.116. The minimum Gasteiger partial charge on any atom is -0.348 e. The van der Waals surface area contributed by atoms with Gasteiger partial charge in [0.25, 0.3) is 5.91 Å². The second kappa shape index (κ2) is 8.09. The number of carbonyl (C=O) groups is 2. The smallest absolute Gasteiger partial charge is 0.256 e. The third kappa shape index (κ3) is 4.09. The number of nitrogens with zero attached hydrogens (tertiary/aromatic N) is 3. The van der Waals surface area contributed by atoms with Crippen molar-refractivity contribution in [2.75, 3.05) is 5.32 Å². The minimum absolute atomic E-state index is 0.235. The lowest BCUT2D eigenvalue weighted by atomic mass is 10.1. The van der Waals surface area contributed by atoms with E-state index in [1.165, 1.54) is 6.08 Å². The van der Waals surface area contributed by atoms with Gasteiger partial charge in [0.1, 0.15) is 6.33 Å². The molecular weight excluding hydrogens is 342 g/mol. The van der Waals surface area contributed by atoms with Crippen molar-refractivity contribution in [3.05, 3.63) is 78.6 Å². The van der Waals surface area contributed by atoms with Crippen molar-refractivity contribution in [1.82, 2.24) is 20.1 Å². The van der Waals surface area contributed by atoms with E-state index in [9.17, 15) is 9.59 Å². The monoisotopic (exact) mass is 361 g/mol. The SMILES string of the molecule is C=CC(=O)NCc1ccccc1C(=O)Nc1ccccc1-c1nncn1C. The molecule has 0 aliphatic carbocycles. The molecule has 7 heteroatoms. The first kappa shape index (κ1) is 18.1. The highest BCUT2D eigenvalue weighted by molar-refractivity contribution is 6.07. The van der Waals surface area contributed by atoms with Crippen molar-refractivity contribution in [3.63, 3.8) is 0 Å². The van der Waals surface area contributed by atoms with E-state index >= 15 is 0 Å². The fourth-order valence-corrected chi connectivity index (χ4v) is 2.65. The Balaban J connectivity index is 1.86. The third-order valence-electron chi connectivity index (χ3n) is 4.03. The Kier molecular flexibility index (Phi) is 5.41. The maximum atomic E-state index is 12.9. The van der Waals surface area contributed by atoms with Crippen LogP contribution in [0, 0.1) is 0 Å². The second-order valence-corrected chi connectivity index (χ2v) is 5.84. The number of nitrogens with one attached hydrogen (secondary N) is 2. The molecular formula is C20H19N5O2. The van der Waals surface area contributed by atoms with Gasteiger partial charge < -0.3 is 15.2 Å². The topological polar surface area (TPSA) is 88.9 Å². The molecule has 0 aliphatic rings. The molecule has 2 aromatic carbocycles. The van der Waals surface area contributed by atoms with Gasteiger partial charge >= 0.3 is 0 Å². The first-order chi connectivity index (χ1) is 13.1. The zero-order chi connectivity index (χ0) is 19.2. The lowest BCUT2D eigenvalue weighted by Crippen LogP contribution is -2.23. The molecule has 136 valence electrons. The average Bonchev–Trinajstić information content (AvgIpc) is 3.12. The quantitative estimate of drug-likeness (QED) is 0.660. The number of hydrogen-bond acceptors (Lipinski definition) is 4. The molecule has 27 heavy (non-hydrogen) atoms. The molecule has 0 aliphatic heterocycles. The summed E-state index contributed by atoms with van der Waals surface area (Å²) >= 11 is 0. The molecule has 0 fully saturated rings. The summed E-state index contributed by atoms with van der Waals surface area (Å²) in [6.07, 6.45) is 2.80. The molecule has 0 saturated carbocycles. The summed E-state index contributed by atoms with van der Waals surface area (Å²) in [5.41, 5.74) is 2.59. The average molecular weight is 361 g/mol. The second-order valence-electron chi connectivity index (χ2n) is 5.84. The standard InChI is InChI=1S/C20H19N5O2/c1-3-18(26)21-12-14-8-4-5-9-15(14)20(27)23-17-11-7-6-10-16(17)19-24-22-13-25(19)2/h3-11,13H,1,12H2,2H3,(H,21,26)(H,23,27). The van der Waals surface area contributed by atoms with Crippen LogP contribution in [0.2, 0.25) is 0 Å². The maximum Gasteiger partial charge on any atom is 0.256 e. The number of carbonyl (C=O) groups excluding carboxylic acids is 2. The zero-order valence-corrected chi connectivity index (χ0v) is 14.8. The Morgan fingerprint density at radius 3 is 2.63 bits per heavy atom. The van der Waals surface area contributed by atoms with Crippen molar-refractivity contribution < 1.29 is 9.59 Å². The summed E-state index contributed by atoms with van der Waals surface area (Å²) in [6, 6.07) is 14.5. The van der Waals surface area contributed by atoms with E-state index < -0.39 is 0 Å². The van der Waals surface area contributed by atoms with Crippen molar-refractivity contribution >= 4 is 17.5 Å². The van der Waals surface area contributed by atoms with Gasteiger partial charge in [0, 0.05) is 24.7 Å². The van der Waals surface area contributed by atoms with Gasteiger partial charge in [-0.05, 0) is 29.8 Å². The fourth-order valence-electron chi connectivity index (χ4n) is 2.65. The van der Waals surface area contributed by atoms with Crippen molar-refractivity contribution in [1.29, 1.82) is 0 Å². The van der Waals surface area contributed by atoms with Gasteiger partial charge in [-0.1, -0.05) is 36.9 Å². The van der Waals surface area contributed by atoms with Gasteiger partial charge in [-0.25, -0.2) is 0 Å². The molecule has 0 spiro atoms. The van der Waals surface area contributed by atoms with Crippen LogP contribution in [0.3, 0.4) is 0 Å². The van der Waals surface area contributed by atoms with E-state index in [-0.39, 0.29) is 18.4 Å². The van der Waals surface area contributed by atoms with Crippen LogP contribution < -0.4 is 10.6 Å². The Labute approximate surface area is 156 Å². The summed E-state index contributed by atoms with van der Waals surface area (Å²) in [5, 5.41) is 13.6. The van der Waals surface area contributed by atoms with E-state index in [2.05, 4.69) is 27.4 Å². The first-order valence-corrected chi connectivity index (χ1v) is 8.33. The molecule has 0 radical (unpaired) electrons. The molecule has 2 N–H and O–H groups in total. The largest absolute Gasteiger partial charge is 0.348 e. The molecule has 0 atom stereocenters. The summed E-state index contributed by atoms with van der Waals surface area (Å²) in [7, 11) is 1.84. The molecule has 1 heterocycles. The molecule has 1 aromatic heterocycles. The van der Waals surface area contributed by atoms with Gasteiger partial charge in [0.05, 0.1) is 5.69 Å². The highest BCUT2D eigenvalue weighted by Gasteiger charge is 2.15. The summed E-state index contributed by atoms with van der Waals surface area (Å²) in [4.78, 5) is 24.3. The van der Waals surface area contributed by atoms with Gasteiger partial charge in [0.15, 0.2) is 5.82 Å². The number of hydrogen-bond donors (Lipinski definition) is 2. The van der Waals surface area contributed by atoms with Crippen LogP contribution in [0.5, 0.6) is 0 Å². The van der Waals surface area contributed by atoms with Crippen molar-refractivity contribution in [2.24, 2.45) is 7.05 Å². The fraction of sp³-hybridized carbons (Fsp3) is 0.100. The van der Waals surface area contributed by atoms with Gasteiger partial charge in [0.2, 0.25) is 5.91 Å². The molecule has 0 bridgehead atoms. The number of para-hydroxylation sites is 1. The number of anilines is 1. The van der Waals surface area contributed by atoms with Crippen LogP contribution in [-0.4, -0.2) is 26.6 Å². The highest BCUT2D eigenvalue weighted by atomic mass is 16.2. The summed E-state index contributed by atoms with van der Waals surface area (Å²) in [5.74, 6) is 0.0864. The highest BCUT2D eigenvalue weighted by Crippen LogP contribution is 2.26. The Hall–Kier alpha value is -3.74. The van der Waals surface area contributed by atoms with Crippen LogP contribution in [0.1, 0.15) is 15.9 Å². The summed E-state index contributed by atoms with van der Waals surface area (Å²) < 4.78 is 1.78. The molecule has 7 nitrogen and oxygen atoms in total. The lowest BCUT2D eigenvalue weighted by Gasteiger charge is -2.13. The summed E-state index contributed by atoms with van der Waals surface area (Å²) in [6.45, 7) is 3.66. The zero-order valence-electron chi connectivity index (χ0n) is 14.8. The predicted molar refractivity (Wildman–Crippen MR) is 103 cm³/mol. The Morgan fingerprint density at radius 1 is 1.15 bits per heavy atom. The number of rotatable bonds is 6. The van der Waals surface area contributed by atoms with Crippen LogP contribution in [0.15, 0.2) is 67.5 Å². The van der Waals surface area contributed by atoms with Crippen LogP contribution in [0.4, 0.5) is 5.69 Å². The molecule has 0 unspecified atom stereocenters. The Morgan fingerprint density at radius 2 is 1.89 bits per heavy atom. The van der Waals surface area contributed by atoms with Gasteiger partial charge in [-0.3, -0.25) is 9.59 Å². The van der Waals surface area contributed by atoms with Gasteiger partial charge in [-0.2, -0.15) is 0 Å². The van der Waals surface area contributed by atoms with Gasteiger partial charge in [-0.15, -0.1) is 10.2 Å². The van der Waals surface area contributed by atoms with Crippen molar-refractivity contribution in [3.8, 4) is 11.4 Å². The predicted octanol–water partition coefficient (Wildman–Crippen LogP) is 2.54. The van der Waals surface area contributed by atoms with Crippen LogP contribution in [-0.2, 0) is 18.4 Å². The van der Waals surface area contributed by atoms with E-state index in [0.29, 0.717) is 22.6 Å². The number of aromatic nitrogens is 3. The molecule has 3 rings (SSSR count). The number of benzene rings is 2. The molecule has 2 amide bonds. The molecule has 3 aromatic rings. The number of aryl methyl sites for hydroxylation is 1. The number of amides is 2. The third-order valence-corrected chi connectivity index (χ3v) is 4.03. The van der Waals surface area contributed by atoms with E-state index in [1.807, 2.05) is 37.4 Å². The van der Waals surface area contributed by atoms with Crippen LogP contribution >= 0.6 is 0 Å². The first-order valence-electron chi connectivity index (χ1n) is 8.33. The van der Waals surface area contributed by atoms with E-state index in [1.54, 1.807) is 29.1 Å². The minimum atomic E-state index is -0.294. The van der Waals surface area contributed by atoms with Crippen LogP contribution in [0.25, 0.3) is 11.4 Å². The maximum absolute atomic E-state index is 12.9. The van der Waals surface area contributed by atoms with E-state index in [4.69, 9.17) is 0 Å². The Bertz CT molecular complexity index is 993. The normalized spacial score (nSPS) is 10.3.